The predicted octanol–water partition coefficient (Wildman–Crippen LogP) is 3.88. The van der Waals surface area contributed by atoms with Crippen molar-refractivity contribution < 1.29 is 9.18 Å². The second-order valence-electron chi connectivity index (χ2n) is 7.66. The highest BCUT2D eigenvalue weighted by Crippen LogP contribution is 2.27. The van der Waals surface area contributed by atoms with Gasteiger partial charge < -0.3 is 9.80 Å². The number of amides is 1. The van der Waals surface area contributed by atoms with Crippen LogP contribution in [-0.2, 0) is 0 Å². The van der Waals surface area contributed by atoms with Crippen LogP contribution in [0.4, 0.5) is 10.2 Å². The van der Waals surface area contributed by atoms with Gasteiger partial charge in [-0.05, 0) is 43.3 Å². The molecule has 4 aromatic rings. The van der Waals surface area contributed by atoms with E-state index in [1.54, 1.807) is 27.9 Å². The number of benzene rings is 2. The summed E-state index contributed by atoms with van der Waals surface area (Å²) in [6, 6.07) is 13.2. The molecule has 0 aliphatic carbocycles. The lowest BCUT2D eigenvalue weighted by atomic mass is 10.1. The lowest BCUT2D eigenvalue weighted by molar-refractivity contribution is 0.0746. The van der Waals surface area contributed by atoms with Crippen LogP contribution in [0.25, 0.3) is 16.7 Å². The number of nitrogens with zero attached hydrogens (tertiary/aromatic N) is 6. The molecule has 0 atom stereocenters. The minimum atomic E-state index is -0.412. The van der Waals surface area contributed by atoms with Gasteiger partial charge in [0.25, 0.3) is 5.91 Å². The maximum Gasteiger partial charge on any atom is 0.254 e. The average molecular weight is 451 g/mol. The summed E-state index contributed by atoms with van der Waals surface area (Å²) in [6.45, 7) is 4.09. The van der Waals surface area contributed by atoms with E-state index in [0.29, 0.717) is 48.2 Å². The molecule has 9 heteroatoms. The van der Waals surface area contributed by atoms with E-state index in [2.05, 4.69) is 20.0 Å². The van der Waals surface area contributed by atoms with Crippen molar-refractivity contribution in [3.05, 3.63) is 77.0 Å². The maximum absolute atomic E-state index is 13.5. The van der Waals surface area contributed by atoms with Gasteiger partial charge in [-0.1, -0.05) is 23.7 Å². The minimum absolute atomic E-state index is 0.165. The van der Waals surface area contributed by atoms with E-state index in [9.17, 15) is 9.18 Å². The second kappa shape index (κ2) is 8.20. The van der Waals surface area contributed by atoms with Crippen molar-refractivity contribution >= 4 is 34.4 Å². The third kappa shape index (κ3) is 3.78. The molecule has 1 saturated heterocycles. The van der Waals surface area contributed by atoms with Gasteiger partial charge >= 0.3 is 0 Å². The Hall–Kier alpha value is -3.52. The van der Waals surface area contributed by atoms with Crippen molar-refractivity contribution in [2.24, 2.45) is 0 Å². The van der Waals surface area contributed by atoms with Crippen molar-refractivity contribution in [2.75, 3.05) is 31.1 Å². The Morgan fingerprint density at radius 1 is 1.03 bits per heavy atom. The summed E-state index contributed by atoms with van der Waals surface area (Å²) in [5.41, 5.74) is 1.89. The first-order valence-electron chi connectivity index (χ1n) is 10.3. The molecule has 2 aromatic heterocycles. The van der Waals surface area contributed by atoms with Crippen LogP contribution >= 0.6 is 11.6 Å². The zero-order chi connectivity index (χ0) is 22.2. The summed E-state index contributed by atoms with van der Waals surface area (Å²) in [6.07, 6.45) is 1.76. The Kier molecular flexibility index (Phi) is 5.22. The lowest BCUT2D eigenvalue weighted by Crippen LogP contribution is -2.49. The summed E-state index contributed by atoms with van der Waals surface area (Å²) < 4.78 is 15.3. The number of piperazine rings is 1. The Bertz CT molecular complexity index is 1320. The normalized spacial score (nSPS) is 14.2. The van der Waals surface area contributed by atoms with E-state index in [1.807, 2.05) is 31.2 Å². The Balaban J connectivity index is 1.41. The van der Waals surface area contributed by atoms with Gasteiger partial charge in [0.2, 0.25) is 0 Å². The third-order valence-corrected chi connectivity index (χ3v) is 5.75. The van der Waals surface area contributed by atoms with Crippen LogP contribution in [0, 0.1) is 12.7 Å². The molecule has 32 heavy (non-hydrogen) atoms. The van der Waals surface area contributed by atoms with Gasteiger partial charge in [-0.2, -0.15) is 5.10 Å². The Morgan fingerprint density at radius 2 is 1.81 bits per heavy atom. The molecule has 1 amide bonds. The Labute approximate surface area is 189 Å². The zero-order valence-electron chi connectivity index (χ0n) is 17.4. The summed E-state index contributed by atoms with van der Waals surface area (Å²) in [7, 11) is 0. The number of rotatable bonds is 3. The van der Waals surface area contributed by atoms with E-state index < -0.39 is 5.82 Å². The molecule has 0 saturated carbocycles. The summed E-state index contributed by atoms with van der Waals surface area (Å²) >= 11 is 6.15. The molecule has 1 fully saturated rings. The summed E-state index contributed by atoms with van der Waals surface area (Å²) in [5.74, 6) is 0.847. The number of carbonyl (C=O) groups is 1. The number of carbonyl (C=O) groups excluding carboxylic acids is 1. The fraction of sp³-hybridized carbons (Fsp3) is 0.217. The predicted molar refractivity (Wildman–Crippen MR) is 121 cm³/mol. The fourth-order valence-electron chi connectivity index (χ4n) is 3.96. The molecule has 1 aliphatic heterocycles. The Morgan fingerprint density at radius 3 is 2.56 bits per heavy atom. The van der Waals surface area contributed by atoms with E-state index in [4.69, 9.17) is 11.6 Å². The fourth-order valence-corrected chi connectivity index (χ4v) is 4.15. The van der Waals surface area contributed by atoms with Crippen molar-refractivity contribution in [3.63, 3.8) is 0 Å². The summed E-state index contributed by atoms with van der Waals surface area (Å²) in [5, 5.41) is 5.98. The largest absolute Gasteiger partial charge is 0.352 e. The number of hydrogen-bond donors (Lipinski definition) is 0. The molecule has 0 unspecified atom stereocenters. The third-order valence-electron chi connectivity index (χ3n) is 5.51. The number of aromatic nitrogens is 4. The van der Waals surface area contributed by atoms with Gasteiger partial charge in [0.1, 0.15) is 17.5 Å². The van der Waals surface area contributed by atoms with Crippen molar-refractivity contribution in [3.8, 4) is 5.69 Å². The van der Waals surface area contributed by atoms with Gasteiger partial charge in [-0.3, -0.25) is 4.79 Å². The summed E-state index contributed by atoms with van der Waals surface area (Å²) in [4.78, 5) is 25.9. The van der Waals surface area contributed by atoms with Gasteiger partial charge in [0, 0.05) is 36.8 Å². The van der Waals surface area contributed by atoms with Crippen LogP contribution in [0.15, 0.2) is 54.7 Å². The highest BCUT2D eigenvalue weighted by molar-refractivity contribution is 6.30. The molecule has 0 N–H and O–H groups in total. The van der Waals surface area contributed by atoms with E-state index in [-0.39, 0.29) is 5.91 Å². The molecule has 5 rings (SSSR count). The minimum Gasteiger partial charge on any atom is -0.352 e. The van der Waals surface area contributed by atoms with Crippen molar-refractivity contribution in [1.29, 1.82) is 0 Å². The number of aryl methyl sites for hydroxylation is 1. The van der Waals surface area contributed by atoms with E-state index >= 15 is 0 Å². The maximum atomic E-state index is 13.5. The molecule has 0 spiro atoms. The van der Waals surface area contributed by atoms with Gasteiger partial charge in [0.15, 0.2) is 5.65 Å². The highest BCUT2D eigenvalue weighted by atomic mass is 35.5. The first kappa shape index (κ1) is 20.4. The van der Waals surface area contributed by atoms with Crippen LogP contribution in [0.2, 0.25) is 5.02 Å². The molecule has 1 aliphatic rings. The molecular formula is C23H20ClFN6O. The first-order chi connectivity index (χ1) is 15.5. The molecule has 0 bridgehead atoms. The number of anilines is 1. The van der Waals surface area contributed by atoms with Crippen LogP contribution in [0.5, 0.6) is 0 Å². The molecule has 3 heterocycles. The molecule has 0 radical (unpaired) electrons. The van der Waals surface area contributed by atoms with E-state index in [1.165, 1.54) is 12.1 Å². The molecular weight excluding hydrogens is 431 g/mol. The van der Waals surface area contributed by atoms with Gasteiger partial charge in [0.05, 0.1) is 17.3 Å². The number of fused-ring (bicyclic) bond motifs is 1. The molecule has 162 valence electrons. The van der Waals surface area contributed by atoms with Crippen molar-refractivity contribution in [1.82, 2.24) is 24.6 Å². The van der Waals surface area contributed by atoms with Gasteiger partial charge in [-0.15, -0.1) is 0 Å². The quantitative estimate of drug-likeness (QED) is 0.474. The topological polar surface area (TPSA) is 67.2 Å². The smallest absolute Gasteiger partial charge is 0.254 e. The SMILES string of the molecule is Cc1nc(N2CCN(C(=O)c3cccc(F)c3)CC2)c2cnn(-c3cccc(Cl)c3)c2n1. The van der Waals surface area contributed by atoms with Crippen LogP contribution in [0.3, 0.4) is 0 Å². The molecule has 2 aromatic carbocycles. The average Bonchev–Trinajstić information content (AvgIpc) is 3.22. The highest BCUT2D eigenvalue weighted by Gasteiger charge is 2.25. The van der Waals surface area contributed by atoms with Gasteiger partial charge in [-0.25, -0.2) is 19.0 Å². The standard InChI is InChI=1S/C23H20ClFN6O/c1-15-27-21(20-14-26-31(22(20)28-15)19-7-3-5-17(24)13-19)29-8-10-30(11-9-29)23(32)16-4-2-6-18(25)12-16/h2-7,12-14H,8-11H2,1H3. The monoisotopic (exact) mass is 450 g/mol. The second-order valence-corrected chi connectivity index (χ2v) is 8.09. The van der Waals surface area contributed by atoms with Crippen LogP contribution in [0.1, 0.15) is 16.2 Å². The zero-order valence-corrected chi connectivity index (χ0v) is 18.1. The number of halogens is 2. The van der Waals surface area contributed by atoms with Crippen LogP contribution < -0.4 is 4.90 Å². The first-order valence-corrected chi connectivity index (χ1v) is 10.7. The van der Waals surface area contributed by atoms with Crippen molar-refractivity contribution in [2.45, 2.75) is 6.92 Å². The number of hydrogen-bond acceptors (Lipinski definition) is 5. The lowest BCUT2D eigenvalue weighted by Gasteiger charge is -2.35. The molecule has 7 nitrogen and oxygen atoms in total. The van der Waals surface area contributed by atoms with Crippen LogP contribution in [-0.4, -0.2) is 56.7 Å². The van der Waals surface area contributed by atoms with E-state index in [0.717, 1.165) is 16.9 Å².